The minimum Gasteiger partial charge on any atom is -0.406 e. The molecule has 2 rings (SSSR count). The number of aliphatic imine (C=N–C) groups is 2. The molecule has 0 aliphatic rings. The Morgan fingerprint density at radius 1 is 1.21 bits per heavy atom. The normalized spacial score (nSPS) is 13.2. The first-order valence-corrected chi connectivity index (χ1v) is 8.03. The fourth-order valence-corrected chi connectivity index (χ4v) is 2.17. The number of rotatable bonds is 6. The highest BCUT2D eigenvalue weighted by molar-refractivity contribution is 6.27. The average molecular weight is 389 g/mol. The molecule has 0 amide bonds. The van der Waals surface area contributed by atoms with E-state index in [1.165, 1.54) is 36.7 Å². The van der Waals surface area contributed by atoms with E-state index in [0.717, 1.165) is 0 Å². The van der Waals surface area contributed by atoms with Crippen LogP contribution in [0.2, 0.25) is 0 Å². The number of nitrogens with two attached hydrogens (primary N) is 1. The van der Waals surface area contributed by atoms with Gasteiger partial charge in [0, 0.05) is 18.6 Å². The molecular weight excluding hydrogens is 371 g/mol. The number of halogens is 3. The fourth-order valence-electron chi connectivity index (χ4n) is 2.17. The standard InChI is InChI=1S/C19H18F3N5O/c1-3-24-18(27-17-6-4-5-11-25-17)16(12-23)13(2)26-14-7-9-15(10-8-14)28-19(20,21)22/h3-12H,1,23H2,2H3,(H,24,25,27). The lowest BCUT2D eigenvalue weighted by molar-refractivity contribution is -0.274. The minimum absolute atomic E-state index is 0.329. The maximum Gasteiger partial charge on any atom is 0.573 e. The molecule has 0 saturated carbocycles. The number of amidine groups is 1. The largest absolute Gasteiger partial charge is 0.573 e. The molecule has 0 radical (unpaired) electrons. The summed E-state index contributed by atoms with van der Waals surface area (Å²) in [6.45, 7) is 5.27. The number of hydrogen-bond acceptors (Lipinski definition) is 5. The fraction of sp³-hybridized carbons (Fsp3) is 0.105. The number of alkyl halides is 3. The van der Waals surface area contributed by atoms with Gasteiger partial charge < -0.3 is 15.8 Å². The molecule has 3 N–H and O–H groups in total. The Hall–Kier alpha value is -3.62. The van der Waals surface area contributed by atoms with Crippen molar-refractivity contribution in [1.82, 2.24) is 4.98 Å². The molecule has 28 heavy (non-hydrogen) atoms. The van der Waals surface area contributed by atoms with Crippen LogP contribution in [0.25, 0.3) is 0 Å². The molecule has 0 atom stereocenters. The van der Waals surface area contributed by atoms with Crippen LogP contribution in [0, 0.1) is 0 Å². The van der Waals surface area contributed by atoms with Gasteiger partial charge in [0.25, 0.3) is 0 Å². The summed E-state index contributed by atoms with van der Waals surface area (Å²) >= 11 is 0. The highest BCUT2D eigenvalue weighted by Gasteiger charge is 2.30. The van der Waals surface area contributed by atoms with Gasteiger partial charge in [-0.05, 0) is 43.3 Å². The van der Waals surface area contributed by atoms with Gasteiger partial charge in [0.15, 0.2) is 0 Å². The highest BCUT2D eigenvalue weighted by atomic mass is 19.4. The summed E-state index contributed by atoms with van der Waals surface area (Å²) in [5.74, 6) is 0.586. The number of nitrogens with one attached hydrogen (secondary N) is 1. The predicted octanol–water partition coefficient (Wildman–Crippen LogP) is 4.57. The van der Waals surface area contributed by atoms with Crippen LogP contribution in [-0.2, 0) is 0 Å². The number of benzene rings is 1. The van der Waals surface area contributed by atoms with E-state index < -0.39 is 6.36 Å². The van der Waals surface area contributed by atoms with Crippen LogP contribution >= 0.6 is 0 Å². The van der Waals surface area contributed by atoms with Gasteiger partial charge in [0.05, 0.1) is 17.0 Å². The molecule has 9 heteroatoms. The van der Waals surface area contributed by atoms with Gasteiger partial charge in [-0.25, -0.2) is 9.98 Å². The van der Waals surface area contributed by atoms with Gasteiger partial charge in [0.2, 0.25) is 0 Å². The highest BCUT2D eigenvalue weighted by Crippen LogP contribution is 2.25. The number of ether oxygens (including phenoxy) is 1. The summed E-state index contributed by atoms with van der Waals surface area (Å²) in [5, 5.41) is 3.03. The second-order valence-corrected chi connectivity index (χ2v) is 5.32. The zero-order valence-electron chi connectivity index (χ0n) is 14.9. The maximum absolute atomic E-state index is 12.2. The van der Waals surface area contributed by atoms with Crippen LogP contribution in [0.4, 0.5) is 24.7 Å². The third kappa shape index (κ3) is 6.27. The summed E-state index contributed by atoms with van der Waals surface area (Å²) in [4.78, 5) is 12.7. The van der Waals surface area contributed by atoms with E-state index in [-0.39, 0.29) is 5.75 Å². The lowest BCUT2D eigenvalue weighted by atomic mass is 10.1. The van der Waals surface area contributed by atoms with Crippen molar-refractivity contribution in [2.45, 2.75) is 13.3 Å². The van der Waals surface area contributed by atoms with Gasteiger partial charge in [-0.15, -0.1) is 13.2 Å². The van der Waals surface area contributed by atoms with Crippen molar-refractivity contribution in [3.8, 4) is 5.75 Å². The van der Waals surface area contributed by atoms with Crippen molar-refractivity contribution in [2.75, 3.05) is 5.32 Å². The van der Waals surface area contributed by atoms with Crippen molar-refractivity contribution in [3.63, 3.8) is 0 Å². The molecule has 0 aliphatic carbocycles. The number of nitrogens with zero attached hydrogens (tertiary/aromatic N) is 3. The molecule has 6 nitrogen and oxygen atoms in total. The molecule has 1 heterocycles. The van der Waals surface area contributed by atoms with Crippen LogP contribution in [0.5, 0.6) is 5.75 Å². The van der Waals surface area contributed by atoms with E-state index in [4.69, 9.17) is 5.73 Å². The Morgan fingerprint density at radius 3 is 2.46 bits per heavy atom. The van der Waals surface area contributed by atoms with E-state index >= 15 is 0 Å². The van der Waals surface area contributed by atoms with Crippen LogP contribution in [0.1, 0.15) is 6.92 Å². The molecule has 0 unspecified atom stereocenters. The zero-order chi connectivity index (χ0) is 20.6. The van der Waals surface area contributed by atoms with Crippen molar-refractivity contribution in [3.05, 3.63) is 73.2 Å². The first-order chi connectivity index (χ1) is 13.3. The molecular formula is C19H18F3N5O. The van der Waals surface area contributed by atoms with Gasteiger partial charge >= 0.3 is 6.36 Å². The molecule has 1 aromatic carbocycles. The van der Waals surface area contributed by atoms with Crippen LogP contribution < -0.4 is 15.8 Å². The summed E-state index contributed by atoms with van der Waals surface area (Å²) in [6, 6.07) is 10.5. The Bertz CT molecular complexity index is 888. The zero-order valence-corrected chi connectivity index (χ0v) is 14.9. The molecule has 0 spiro atoms. The monoisotopic (exact) mass is 389 g/mol. The van der Waals surface area contributed by atoms with Crippen LogP contribution in [0.3, 0.4) is 0 Å². The Balaban J connectivity index is 2.24. The Kier molecular flexibility index (Phi) is 6.91. The number of anilines is 1. The lowest BCUT2D eigenvalue weighted by Crippen LogP contribution is -2.21. The second-order valence-electron chi connectivity index (χ2n) is 5.32. The summed E-state index contributed by atoms with van der Waals surface area (Å²) in [5.41, 5.74) is 7.12. The van der Waals surface area contributed by atoms with Crippen molar-refractivity contribution in [1.29, 1.82) is 0 Å². The SMILES string of the molecule is C=CN=C(Nc1ccccn1)C(=CN)C(C)=Nc1ccc(OC(F)(F)F)cc1. The van der Waals surface area contributed by atoms with Gasteiger partial charge in [-0.1, -0.05) is 12.6 Å². The van der Waals surface area contributed by atoms with E-state index in [0.29, 0.717) is 28.6 Å². The maximum atomic E-state index is 12.2. The molecule has 1 aromatic heterocycles. The quantitative estimate of drug-likeness (QED) is 0.560. The third-order valence-corrected chi connectivity index (χ3v) is 3.31. The van der Waals surface area contributed by atoms with Gasteiger partial charge in [-0.3, -0.25) is 4.99 Å². The van der Waals surface area contributed by atoms with E-state index in [1.54, 1.807) is 31.3 Å². The van der Waals surface area contributed by atoms with Crippen molar-refractivity contribution < 1.29 is 17.9 Å². The smallest absolute Gasteiger partial charge is 0.406 e. The summed E-state index contributed by atoms with van der Waals surface area (Å²) in [7, 11) is 0. The van der Waals surface area contributed by atoms with Gasteiger partial charge in [-0.2, -0.15) is 0 Å². The molecule has 2 aromatic rings. The van der Waals surface area contributed by atoms with Crippen molar-refractivity contribution in [2.24, 2.45) is 15.7 Å². The van der Waals surface area contributed by atoms with E-state index in [2.05, 4.69) is 31.6 Å². The molecule has 0 bridgehead atoms. The lowest BCUT2D eigenvalue weighted by Gasteiger charge is -2.12. The van der Waals surface area contributed by atoms with Crippen molar-refractivity contribution >= 4 is 23.1 Å². The number of aromatic nitrogens is 1. The summed E-state index contributed by atoms with van der Waals surface area (Å²) < 4.78 is 40.6. The Morgan fingerprint density at radius 2 is 1.93 bits per heavy atom. The van der Waals surface area contributed by atoms with Crippen LogP contribution in [0.15, 0.2) is 83.2 Å². The first kappa shape index (κ1) is 20.7. The topological polar surface area (TPSA) is 84.9 Å². The minimum atomic E-state index is -4.75. The molecule has 146 valence electrons. The number of hydrogen-bond donors (Lipinski definition) is 2. The Labute approximate surface area is 160 Å². The van der Waals surface area contributed by atoms with E-state index in [1.807, 2.05) is 0 Å². The van der Waals surface area contributed by atoms with E-state index in [9.17, 15) is 13.2 Å². The second kappa shape index (κ2) is 9.36. The molecule has 0 saturated heterocycles. The van der Waals surface area contributed by atoms with Crippen LogP contribution in [-0.4, -0.2) is 22.9 Å². The summed E-state index contributed by atoms with van der Waals surface area (Å²) in [6.07, 6.45) is -0.474. The third-order valence-electron chi connectivity index (χ3n) is 3.31. The predicted molar refractivity (Wildman–Crippen MR) is 104 cm³/mol. The first-order valence-electron chi connectivity index (χ1n) is 8.03. The molecule has 0 fully saturated rings. The number of pyridine rings is 1. The molecule has 0 aliphatic heterocycles. The van der Waals surface area contributed by atoms with Gasteiger partial charge in [0.1, 0.15) is 17.4 Å². The average Bonchev–Trinajstić information content (AvgIpc) is 2.64.